The monoisotopic (exact) mass is 365 g/mol. The van der Waals surface area contributed by atoms with Gasteiger partial charge in [-0.2, -0.15) is 0 Å². The smallest absolute Gasteiger partial charge is 0.139 e. The van der Waals surface area contributed by atoms with Crippen molar-refractivity contribution in [2.45, 2.75) is 82.8 Å². The molecule has 27 heavy (non-hydrogen) atoms. The van der Waals surface area contributed by atoms with Gasteiger partial charge in [0.1, 0.15) is 5.66 Å². The molecule has 4 heteroatoms. The number of rotatable bonds is 2. The van der Waals surface area contributed by atoms with Crippen LogP contribution in [0, 0.1) is 5.92 Å². The second-order valence-corrected chi connectivity index (χ2v) is 9.49. The van der Waals surface area contributed by atoms with Crippen LogP contribution in [-0.2, 0) is 0 Å². The first-order valence-corrected chi connectivity index (χ1v) is 10.7. The molecule has 0 aromatic carbocycles. The Morgan fingerprint density at radius 3 is 2.93 bits per heavy atom. The first-order valence-electron chi connectivity index (χ1n) is 10.7. The van der Waals surface area contributed by atoms with Crippen molar-refractivity contribution in [2.75, 3.05) is 6.61 Å². The summed E-state index contributed by atoms with van der Waals surface area (Å²) < 4.78 is 0. The lowest BCUT2D eigenvalue weighted by Gasteiger charge is -2.52. The Balaban J connectivity index is 1.63. The van der Waals surface area contributed by atoms with Crippen molar-refractivity contribution < 1.29 is 5.11 Å². The summed E-state index contributed by atoms with van der Waals surface area (Å²) in [4.78, 5) is 12.8. The molecule has 1 fully saturated rings. The molecule has 0 bridgehead atoms. The van der Waals surface area contributed by atoms with E-state index in [1.807, 2.05) is 13.8 Å². The molecule has 0 aromatic heterocycles. The SMILES string of the molecule is CC(C)(CO)N=C1C=CC2=NC34CCCCC3CC3=C(CCCC3)N4C2=C1. The van der Waals surface area contributed by atoms with E-state index < -0.39 is 5.54 Å². The first kappa shape index (κ1) is 17.4. The van der Waals surface area contributed by atoms with Gasteiger partial charge >= 0.3 is 0 Å². The van der Waals surface area contributed by atoms with Crippen LogP contribution >= 0.6 is 0 Å². The zero-order valence-electron chi connectivity index (χ0n) is 16.7. The average molecular weight is 366 g/mol. The van der Waals surface area contributed by atoms with Gasteiger partial charge in [-0.3, -0.25) is 9.98 Å². The zero-order valence-corrected chi connectivity index (χ0v) is 16.7. The quantitative estimate of drug-likeness (QED) is 0.731. The van der Waals surface area contributed by atoms with Crippen molar-refractivity contribution in [3.63, 3.8) is 0 Å². The van der Waals surface area contributed by atoms with Crippen LogP contribution in [0.25, 0.3) is 0 Å². The number of aliphatic hydroxyl groups is 1. The van der Waals surface area contributed by atoms with E-state index in [0.717, 1.165) is 11.4 Å². The number of fused-ring (bicyclic) bond motifs is 3. The van der Waals surface area contributed by atoms with Crippen LogP contribution < -0.4 is 0 Å². The Kier molecular flexibility index (Phi) is 3.98. The number of nitrogens with zero attached hydrogens (tertiary/aromatic N) is 3. The highest BCUT2D eigenvalue weighted by Crippen LogP contribution is 2.55. The van der Waals surface area contributed by atoms with Gasteiger partial charge in [-0.05, 0) is 83.4 Å². The third-order valence-corrected chi connectivity index (χ3v) is 7.03. The van der Waals surface area contributed by atoms with Gasteiger partial charge in [0.05, 0.1) is 29.3 Å². The highest BCUT2D eigenvalue weighted by atomic mass is 16.3. The molecule has 0 aromatic rings. The predicted octanol–water partition coefficient (Wildman–Crippen LogP) is 4.53. The van der Waals surface area contributed by atoms with Crippen molar-refractivity contribution in [3.8, 4) is 0 Å². The average Bonchev–Trinajstić information content (AvgIpc) is 2.99. The molecule has 3 aliphatic carbocycles. The van der Waals surface area contributed by atoms with E-state index in [1.54, 1.807) is 11.3 Å². The van der Waals surface area contributed by atoms with Crippen LogP contribution in [0.2, 0.25) is 0 Å². The molecule has 4 nitrogen and oxygen atoms in total. The van der Waals surface area contributed by atoms with Gasteiger partial charge in [0.25, 0.3) is 0 Å². The second kappa shape index (κ2) is 6.16. The molecular formula is C23H31N3O. The number of allylic oxidation sites excluding steroid dienone is 5. The highest BCUT2D eigenvalue weighted by molar-refractivity contribution is 6.22. The maximum absolute atomic E-state index is 9.61. The summed E-state index contributed by atoms with van der Waals surface area (Å²) in [5.41, 5.74) is 6.13. The van der Waals surface area contributed by atoms with E-state index in [-0.39, 0.29) is 12.3 Å². The van der Waals surface area contributed by atoms with E-state index in [0.29, 0.717) is 5.92 Å². The van der Waals surface area contributed by atoms with Gasteiger partial charge in [-0.1, -0.05) is 12.0 Å². The topological polar surface area (TPSA) is 48.2 Å². The van der Waals surface area contributed by atoms with Crippen LogP contribution in [-0.4, -0.2) is 39.2 Å². The first-order chi connectivity index (χ1) is 13.0. The fourth-order valence-corrected chi connectivity index (χ4v) is 5.74. The van der Waals surface area contributed by atoms with Crippen LogP contribution in [0.1, 0.15) is 71.6 Å². The standard InChI is InChI=1S/C23H31N3O/c1-22(2,15-27)24-18-10-11-19-21(14-18)26-20-9-4-3-7-16(20)13-17-8-5-6-12-23(17,26)25-19/h10-11,14,17,27H,3-9,12-13,15H2,1-2H3. The van der Waals surface area contributed by atoms with Gasteiger partial charge in [-0.15, -0.1) is 0 Å². The molecule has 0 saturated heterocycles. The molecule has 2 aliphatic heterocycles. The minimum absolute atomic E-state index is 0.0398. The van der Waals surface area contributed by atoms with Crippen molar-refractivity contribution in [2.24, 2.45) is 15.9 Å². The van der Waals surface area contributed by atoms with Crippen LogP contribution in [0.4, 0.5) is 0 Å². The normalized spacial score (nSPS) is 34.0. The Morgan fingerprint density at radius 2 is 2.07 bits per heavy atom. The largest absolute Gasteiger partial charge is 0.394 e. The Morgan fingerprint density at radius 1 is 1.22 bits per heavy atom. The predicted molar refractivity (Wildman–Crippen MR) is 110 cm³/mol. The van der Waals surface area contributed by atoms with Crippen molar-refractivity contribution in [1.82, 2.24) is 4.90 Å². The third-order valence-electron chi connectivity index (χ3n) is 7.03. The lowest BCUT2D eigenvalue weighted by atomic mass is 9.70. The summed E-state index contributed by atoms with van der Waals surface area (Å²) in [5, 5.41) is 9.61. The van der Waals surface area contributed by atoms with Crippen LogP contribution in [0.5, 0.6) is 0 Å². The molecule has 2 atom stereocenters. The maximum atomic E-state index is 9.61. The van der Waals surface area contributed by atoms with E-state index in [4.69, 9.17) is 9.98 Å². The summed E-state index contributed by atoms with van der Waals surface area (Å²) in [6.07, 6.45) is 17.9. The molecule has 2 unspecified atom stereocenters. The van der Waals surface area contributed by atoms with Gasteiger partial charge in [0.15, 0.2) is 0 Å². The lowest BCUT2D eigenvalue weighted by molar-refractivity contribution is 0.0498. The Labute approximate surface area is 162 Å². The fraction of sp³-hybridized carbons (Fsp3) is 0.652. The van der Waals surface area contributed by atoms with Crippen LogP contribution in [0.15, 0.2) is 45.2 Å². The molecular weight excluding hydrogens is 334 g/mol. The summed E-state index contributed by atoms with van der Waals surface area (Å²) in [6, 6.07) is 0. The number of hydrogen-bond acceptors (Lipinski definition) is 4. The van der Waals surface area contributed by atoms with E-state index in [1.165, 1.54) is 63.5 Å². The van der Waals surface area contributed by atoms with Gasteiger partial charge < -0.3 is 10.0 Å². The highest BCUT2D eigenvalue weighted by Gasteiger charge is 2.55. The molecule has 0 radical (unpaired) electrons. The second-order valence-electron chi connectivity index (χ2n) is 9.49. The fourth-order valence-electron chi connectivity index (χ4n) is 5.74. The molecule has 1 N–H and O–H groups in total. The molecule has 5 rings (SSSR count). The third kappa shape index (κ3) is 2.67. The molecule has 1 saturated carbocycles. The summed E-state index contributed by atoms with van der Waals surface area (Å²) in [7, 11) is 0. The van der Waals surface area contributed by atoms with Crippen molar-refractivity contribution >= 4 is 11.4 Å². The molecule has 1 spiro atoms. The summed E-state index contributed by atoms with van der Waals surface area (Å²) >= 11 is 0. The lowest BCUT2D eigenvalue weighted by Crippen LogP contribution is -2.53. The van der Waals surface area contributed by atoms with Crippen molar-refractivity contribution in [3.05, 3.63) is 35.2 Å². The Hall–Kier alpha value is -1.68. The summed E-state index contributed by atoms with van der Waals surface area (Å²) in [6.45, 7) is 4.01. The van der Waals surface area contributed by atoms with Crippen LogP contribution in [0.3, 0.4) is 0 Å². The van der Waals surface area contributed by atoms with Gasteiger partial charge in [0.2, 0.25) is 0 Å². The van der Waals surface area contributed by atoms with Gasteiger partial charge in [-0.25, -0.2) is 0 Å². The molecule has 2 heterocycles. The number of aliphatic hydroxyl groups excluding tert-OH is 1. The molecule has 0 amide bonds. The van der Waals surface area contributed by atoms with E-state index in [9.17, 15) is 5.11 Å². The van der Waals surface area contributed by atoms with Gasteiger partial charge in [0, 0.05) is 11.6 Å². The number of hydrogen-bond donors (Lipinski definition) is 1. The zero-order chi connectivity index (χ0) is 18.6. The maximum Gasteiger partial charge on any atom is 0.139 e. The minimum Gasteiger partial charge on any atom is -0.394 e. The summed E-state index contributed by atoms with van der Waals surface area (Å²) in [5.74, 6) is 0.657. The molecule has 144 valence electrons. The Bertz CT molecular complexity index is 813. The minimum atomic E-state index is -0.452. The van der Waals surface area contributed by atoms with E-state index in [2.05, 4.69) is 23.1 Å². The molecule has 5 aliphatic rings. The van der Waals surface area contributed by atoms with E-state index >= 15 is 0 Å². The number of aliphatic imine (C=N–C) groups is 2. The van der Waals surface area contributed by atoms with Crippen molar-refractivity contribution in [1.29, 1.82) is 0 Å².